The summed E-state index contributed by atoms with van der Waals surface area (Å²) in [5.74, 6) is -2.00. The summed E-state index contributed by atoms with van der Waals surface area (Å²) in [6.45, 7) is 0.852. The molecular weight excluding hydrogens is 611 g/mol. The van der Waals surface area contributed by atoms with Crippen LogP contribution >= 0.6 is 11.6 Å². The Morgan fingerprint density at radius 3 is 2.67 bits per heavy atom. The van der Waals surface area contributed by atoms with Crippen molar-refractivity contribution in [3.63, 3.8) is 0 Å². The zero-order valence-corrected chi connectivity index (χ0v) is 25.5. The molecule has 234 valence electrons. The Morgan fingerprint density at radius 2 is 1.93 bits per heavy atom. The Labute approximate surface area is 268 Å². The number of tetrazole rings is 1. The fourth-order valence-electron chi connectivity index (χ4n) is 6.42. The molecule has 11 nitrogen and oxygen atoms in total. The number of carboxylic acid groups (broad SMARTS) is 1. The Morgan fingerprint density at radius 1 is 1.09 bits per heavy atom. The van der Waals surface area contributed by atoms with Gasteiger partial charge in [0.15, 0.2) is 11.0 Å². The van der Waals surface area contributed by atoms with Gasteiger partial charge in [0.25, 0.3) is 6.33 Å². The van der Waals surface area contributed by atoms with E-state index in [-0.39, 0.29) is 40.9 Å². The average molecular weight is 642 g/mol. The van der Waals surface area contributed by atoms with Crippen molar-refractivity contribution in [2.24, 2.45) is 17.8 Å². The minimum absolute atomic E-state index is 0.0217. The number of aromatic amines is 1. The highest BCUT2D eigenvalue weighted by atomic mass is 35.5. The summed E-state index contributed by atoms with van der Waals surface area (Å²) in [4.78, 5) is 31.5. The van der Waals surface area contributed by atoms with Gasteiger partial charge in [-0.05, 0) is 55.4 Å². The van der Waals surface area contributed by atoms with Crippen LogP contribution in [-0.4, -0.2) is 65.3 Å². The summed E-state index contributed by atoms with van der Waals surface area (Å²) < 4.78 is 18.8. The highest BCUT2D eigenvalue weighted by Gasteiger charge is 2.47. The molecule has 2 aromatic carbocycles. The van der Waals surface area contributed by atoms with Crippen LogP contribution in [0.1, 0.15) is 37.4 Å². The zero-order chi connectivity index (χ0) is 31.8. The third kappa shape index (κ3) is 5.87. The molecule has 0 spiro atoms. The maximum absolute atomic E-state index is 15.4. The van der Waals surface area contributed by atoms with E-state index in [0.29, 0.717) is 42.8 Å². The highest BCUT2D eigenvalue weighted by molar-refractivity contribution is 6.31. The standard InChI is InChI=1S/C33H30ClFN8O3/c34-26-9-11-28(43-19-37-39-40-43)30(31(26)35)21-8-10-27(36-15-21)29(42-18-24(16-38-42)20-5-2-1-3-6-20)14-23-13-25(23)32(44)41-12-4-7-22(17-41)33(45)46/h1-3,5-6,8-11,15-16,18-19,22-23,25,29H,4,7,12-14,17H2,(H,45,46)/p+1/t22?,23-,25-,29?/m1/s1. The number of halogens is 2. The number of aromatic nitrogens is 7. The van der Waals surface area contributed by atoms with E-state index in [4.69, 9.17) is 21.7 Å². The third-order valence-electron chi connectivity index (χ3n) is 9.00. The number of likely N-dealkylation sites (tertiary alicyclic amines) is 1. The number of nitrogens with zero attached hydrogens (tertiary/aromatic N) is 7. The fraction of sp³-hybridized carbons (Fsp3) is 0.303. The van der Waals surface area contributed by atoms with Crippen LogP contribution in [0.2, 0.25) is 5.02 Å². The summed E-state index contributed by atoms with van der Waals surface area (Å²) in [7, 11) is 0. The summed E-state index contributed by atoms with van der Waals surface area (Å²) in [6, 6.07) is 16.5. The van der Waals surface area contributed by atoms with Crippen LogP contribution in [0.15, 0.2) is 79.5 Å². The van der Waals surface area contributed by atoms with Crippen LogP contribution in [0.4, 0.5) is 4.39 Å². The summed E-state index contributed by atoms with van der Waals surface area (Å²) in [6.07, 6.45) is 9.47. The molecule has 13 heteroatoms. The number of pyridine rings is 1. The van der Waals surface area contributed by atoms with E-state index in [1.807, 2.05) is 53.5 Å². The van der Waals surface area contributed by atoms with Gasteiger partial charge in [0.05, 0.1) is 34.4 Å². The molecule has 46 heavy (non-hydrogen) atoms. The summed E-state index contributed by atoms with van der Waals surface area (Å²) in [5, 5.41) is 24.4. The molecule has 2 N–H and O–H groups in total. The third-order valence-corrected chi connectivity index (χ3v) is 9.29. The second-order valence-corrected chi connectivity index (χ2v) is 12.3. The van der Waals surface area contributed by atoms with Gasteiger partial charge in [0.2, 0.25) is 5.91 Å². The lowest BCUT2D eigenvalue weighted by Gasteiger charge is -2.31. The van der Waals surface area contributed by atoms with E-state index in [1.165, 1.54) is 17.1 Å². The van der Waals surface area contributed by atoms with E-state index >= 15 is 4.39 Å². The molecular formula is C33H31ClFN8O3+. The molecule has 1 amide bonds. The molecule has 4 heterocycles. The molecule has 0 radical (unpaired) electrons. The van der Waals surface area contributed by atoms with Crippen LogP contribution < -0.4 is 4.68 Å². The van der Waals surface area contributed by atoms with E-state index in [0.717, 1.165) is 17.5 Å². The molecule has 1 aliphatic carbocycles. The van der Waals surface area contributed by atoms with Gasteiger partial charge in [-0.2, -0.15) is 5.10 Å². The SMILES string of the molecule is O=C(O)C1CCCN(C(=O)[C@@H]2C[C@@H]2CC(c2ccc(-c3c(-[n+]4cnn[nH]4)ccc(Cl)c3F)cn2)n2cc(-c3ccccc3)cn2)C1. The van der Waals surface area contributed by atoms with Crippen molar-refractivity contribution in [3.8, 4) is 27.9 Å². The summed E-state index contributed by atoms with van der Waals surface area (Å²) in [5.41, 5.74) is 3.94. The topological polar surface area (TPSA) is 134 Å². The number of carboxylic acids is 1. The molecule has 0 bridgehead atoms. The number of hydrogen-bond donors (Lipinski definition) is 2. The van der Waals surface area contributed by atoms with Crippen molar-refractivity contribution >= 4 is 23.5 Å². The number of nitrogens with one attached hydrogen (secondary N) is 1. The lowest BCUT2D eigenvalue weighted by molar-refractivity contribution is -0.659. The molecule has 1 saturated heterocycles. The second-order valence-electron chi connectivity index (χ2n) is 11.9. The Bertz CT molecular complexity index is 1870. The van der Waals surface area contributed by atoms with Gasteiger partial charge < -0.3 is 10.0 Å². The first-order valence-electron chi connectivity index (χ1n) is 15.2. The number of carbonyl (C=O) groups is 2. The molecule has 1 aliphatic heterocycles. The molecule has 2 unspecified atom stereocenters. The van der Waals surface area contributed by atoms with Gasteiger partial charge in [0, 0.05) is 42.5 Å². The molecule has 2 aliphatic rings. The summed E-state index contributed by atoms with van der Waals surface area (Å²) >= 11 is 6.18. The fourth-order valence-corrected chi connectivity index (χ4v) is 6.58. The highest BCUT2D eigenvalue weighted by Crippen LogP contribution is 2.47. The van der Waals surface area contributed by atoms with Gasteiger partial charge in [-0.1, -0.05) is 53.2 Å². The van der Waals surface area contributed by atoms with Crippen LogP contribution in [0.5, 0.6) is 0 Å². The minimum atomic E-state index is -0.850. The molecule has 3 aromatic heterocycles. The molecule has 5 aromatic rings. The number of H-pyrrole nitrogens is 1. The predicted octanol–water partition coefficient (Wildman–Crippen LogP) is 4.74. The molecule has 4 atom stereocenters. The quantitative estimate of drug-likeness (QED) is 0.222. The van der Waals surface area contributed by atoms with E-state index < -0.39 is 17.7 Å². The van der Waals surface area contributed by atoms with Crippen molar-refractivity contribution in [2.45, 2.75) is 31.7 Å². The number of benzene rings is 2. The van der Waals surface area contributed by atoms with Crippen LogP contribution in [0.25, 0.3) is 27.9 Å². The van der Waals surface area contributed by atoms with Crippen molar-refractivity contribution in [1.29, 1.82) is 0 Å². The van der Waals surface area contributed by atoms with E-state index in [2.05, 4.69) is 15.5 Å². The number of carbonyl (C=O) groups excluding carboxylic acids is 1. The molecule has 2 fully saturated rings. The lowest BCUT2D eigenvalue weighted by atomic mass is 9.97. The first-order valence-corrected chi connectivity index (χ1v) is 15.6. The van der Waals surface area contributed by atoms with Crippen LogP contribution in [0, 0.1) is 23.6 Å². The Hall–Kier alpha value is -4.97. The van der Waals surface area contributed by atoms with Gasteiger partial charge >= 0.3 is 5.97 Å². The number of hydrogen-bond acceptors (Lipinski definition) is 6. The minimum Gasteiger partial charge on any atom is -0.481 e. The second kappa shape index (κ2) is 12.4. The number of piperidine rings is 1. The monoisotopic (exact) mass is 641 g/mol. The molecule has 7 rings (SSSR count). The van der Waals surface area contributed by atoms with Crippen molar-refractivity contribution in [3.05, 3.63) is 96.0 Å². The predicted molar refractivity (Wildman–Crippen MR) is 165 cm³/mol. The normalized spacial score (nSPS) is 20.0. The van der Waals surface area contributed by atoms with Crippen molar-refractivity contribution in [2.75, 3.05) is 13.1 Å². The van der Waals surface area contributed by atoms with E-state index in [1.54, 1.807) is 23.2 Å². The smallest absolute Gasteiger partial charge is 0.308 e. The first kappa shape index (κ1) is 29.7. The first-order chi connectivity index (χ1) is 22.4. The zero-order valence-electron chi connectivity index (χ0n) is 24.7. The van der Waals surface area contributed by atoms with Gasteiger partial charge in [-0.25, -0.2) is 4.39 Å². The largest absolute Gasteiger partial charge is 0.481 e. The molecule has 1 saturated carbocycles. The van der Waals surface area contributed by atoms with E-state index in [9.17, 15) is 14.7 Å². The number of amides is 1. The number of aliphatic carboxylic acids is 1. The Kier molecular flexibility index (Phi) is 8.03. The lowest BCUT2D eigenvalue weighted by Crippen LogP contribution is -2.43. The van der Waals surface area contributed by atoms with Crippen LogP contribution in [0.3, 0.4) is 0 Å². The van der Waals surface area contributed by atoms with Gasteiger partial charge in [0.1, 0.15) is 10.8 Å². The maximum Gasteiger partial charge on any atom is 0.308 e. The average Bonchev–Trinajstić information content (AvgIpc) is 3.41. The van der Waals surface area contributed by atoms with Crippen molar-refractivity contribution < 1.29 is 23.8 Å². The Balaban J connectivity index is 1.18. The van der Waals surface area contributed by atoms with Gasteiger partial charge in [-0.15, -0.1) is 4.68 Å². The maximum atomic E-state index is 15.4. The van der Waals surface area contributed by atoms with Gasteiger partial charge in [-0.3, -0.25) is 19.3 Å². The van der Waals surface area contributed by atoms with Crippen LogP contribution in [-0.2, 0) is 9.59 Å². The van der Waals surface area contributed by atoms with Crippen molar-refractivity contribution in [1.82, 2.24) is 35.2 Å². The number of rotatable bonds is 9.